The number of para-hydroxylation sites is 1. The number of hydrogen-bond acceptors (Lipinski definition) is 6. The molecule has 176 valence electrons. The molecule has 1 unspecified atom stereocenters. The second-order valence-electron chi connectivity index (χ2n) is 8.16. The number of ether oxygens (including phenoxy) is 1. The Balaban J connectivity index is 1.46. The predicted molar refractivity (Wildman–Crippen MR) is 129 cm³/mol. The van der Waals surface area contributed by atoms with Crippen molar-refractivity contribution in [1.82, 2.24) is 0 Å². The van der Waals surface area contributed by atoms with Crippen molar-refractivity contribution in [1.29, 1.82) is 0 Å². The molecule has 0 spiro atoms. The van der Waals surface area contributed by atoms with Gasteiger partial charge in [-0.05, 0) is 74.9 Å². The molecule has 1 heterocycles. The van der Waals surface area contributed by atoms with E-state index in [0.29, 0.717) is 16.9 Å². The monoisotopic (exact) mass is 470 g/mol. The van der Waals surface area contributed by atoms with Crippen molar-refractivity contribution in [3.8, 4) is 0 Å². The van der Waals surface area contributed by atoms with Crippen LogP contribution in [-0.2, 0) is 9.53 Å². The van der Waals surface area contributed by atoms with Gasteiger partial charge < -0.3 is 10.1 Å². The number of hydrogen-bond donors (Lipinski definition) is 1. The van der Waals surface area contributed by atoms with E-state index in [1.807, 2.05) is 6.07 Å². The Bertz CT molecular complexity index is 1380. The first-order valence-corrected chi connectivity index (χ1v) is 10.9. The number of aryl methyl sites for hydroxylation is 1. The minimum absolute atomic E-state index is 0.0435. The minimum Gasteiger partial charge on any atom is -0.449 e. The second-order valence-corrected chi connectivity index (χ2v) is 8.16. The molecule has 1 atom stereocenters. The molecule has 0 aliphatic carbocycles. The molecule has 0 radical (unpaired) electrons. The van der Waals surface area contributed by atoms with E-state index in [2.05, 4.69) is 5.32 Å². The van der Waals surface area contributed by atoms with Gasteiger partial charge in [-0.15, -0.1) is 0 Å². The lowest BCUT2D eigenvalue weighted by molar-refractivity contribution is -0.123. The Morgan fingerprint density at radius 3 is 2.14 bits per heavy atom. The maximum atomic E-state index is 13.0. The smallest absolute Gasteiger partial charge is 0.338 e. The number of esters is 1. The van der Waals surface area contributed by atoms with Gasteiger partial charge in [0.25, 0.3) is 17.7 Å². The van der Waals surface area contributed by atoms with Gasteiger partial charge in [-0.1, -0.05) is 18.2 Å². The topological polar surface area (TPSA) is 110 Å². The lowest BCUT2D eigenvalue weighted by Crippen LogP contribution is -2.30. The zero-order valence-corrected chi connectivity index (χ0v) is 19.3. The maximum Gasteiger partial charge on any atom is 0.338 e. The Hall–Kier alpha value is -4.59. The molecule has 4 rings (SSSR count). The SMILES string of the molecule is CC(=O)c1ccc(NC(=O)C(C)OC(=O)c2ccc3c(c2)C(=O)N(c2ccccc2C)C3=O)cc1. The van der Waals surface area contributed by atoms with Crippen molar-refractivity contribution >= 4 is 40.8 Å². The van der Waals surface area contributed by atoms with Crippen LogP contribution in [0.1, 0.15) is 60.8 Å². The maximum absolute atomic E-state index is 13.0. The number of carbonyl (C=O) groups excluding carboxylic acids is 5. The van der Waals surface area contributed by atoms with E-state index in [1.54, 1.807) is 49.4 Å². The van der Waals surface area contributed by atoms with E-state index < -0.39 is 29.8 Å². The molecule has 1 aliphatic rings. The summed E-state index contributed by atoms with van der Waals surface area (Å²) in [7, 11) is 0. The van der Waals surface area contributed by atoms with E-state index in [4.69, 9.17) is 4.74 Å². The van der Waals surface area contributed by atoms with Crippen LogP contribution < -0.4 is 10.2 Å². The van der Waals surface area contributed by atoms with Gasteiger partial charge in [0.2, 0.25) is 0 Å². The fourth-order valence-corrected chi connectivity index (χ4v) is 3.72. The summed E-state index contributed by atoms with van der Waals surface area (Å²) in [5.74, 6) is -2.47. The number of anilines is 2. The van der Waals surface area contributed by atoms with Gasteiger partial charge in [0, 0.05) is 11.3 Å². The van der Waals surface area contributed by atoms with Crippen LogP contribution in [0, 0.1) is 6.92 Å². The Labute approximate surface area is 201 Å². The van der Waals surface area contributed by atoms with E-state index in [-0.39, 0.29) is 22.5 Å². The van der Waals surface area contributed by atoms with Crippen molar-refractivity contribution in [2.75, 3.05) is 10.2 Å². The van der Waals surface area contributed by atoms with Crippen LogP contribution in [0.3, 0.4) is 0 Å². The van der Waals surface area contributed by atoms with Crippen LogP contribution in [0.4, 0.5) is 11.4 Å². The summed E-state index contributed by atoms with van der Waals surface area (Å²) in [4.78, 5) is 63.4. The Morgan fingerprint density at radius 2 is 1.49 bits per heavy atom. The third kappa shape index (κ3) is 4.59. The van der Waals surface area contributed by atoms with Gasteiger partial charge in [0.15, 0.2) is 11.9 Å². The van der Waals surface area contributed by atoms with E-state index in [9.17, 15) is 24.0 Å². The number of nitrogens with zero attached hydrogens (tertiary/aromatic N) is 1. The van der Waals surface area contributed by atoms with Crippen molar-refractivity contribution < 1.29 is 28.7 Å². The summed E-state index contributed by atoms with van der Waals surface area (Å²) in [6.45, 7) is 4.66. The van der Waals surface area contributed by atoms with Crippen molar-refractivity contribution in [2.24, 2.45) is 0 Å². The van der Waals surface area contributed by atoms with Crippen molar-refractivity contribution in [3.63, 3.8) is 0 Å². The summed E-state index contributed by atoms with van der Waals surface area (Å²) in [5, 5.41) is 2.62. The van der Waals surface area contributed by atoms with Crippen LogP contribution >= 0.6 is 0 Å². The molecule has 0 saturated heterocycles. The first kappa shape index (κ1) is 23.6. The van der Waals surface area contributed by atoms with Gasteiger partial charge in [0.05, 0.1) is 22.4 Å². The third-order valence-corrected chi connectivity index (χ3v) is 5.69. The number of rotatable bonds is 6. The lowest BCUT2D eigenvalue weighted by atomic mass is 10.1. The molecule has 8 nitrogen and oxygen atoms in total. The van der Waals surface area contributed by atoms with Crippen molar-refractivity contribution in [2.45, 2.75) is 26.9 Å². The average molecular weight is 470 g/mol. The largest absolute Gasteiger partial charge is 0.449 e. The quantitative estimate of drug-likeness (QED) is 0.329. The molecule has 3 aromatic carbocycles. The van der Waals surface area contributed by atoms with Gasteiger partial charge in [0.1, 0.15) is 0 Å². The molecule has 0 fully saturated rings. The molecular formula is C27H22N2O6. The zero-order chi connectivity index (χ0) is 25.3. The van der Waals surface area contributed by atoms with Gasteiger partial charge in [-0.3, -0.25) is 19.2 Å². The molecule has 0 aromatic heterocycles. The molecule has 35 heavy (non-hydrogen) atoms. The van der Waals surface area contributed by atoms with Crippen molar-refractivity contribution in [3.05, 3.63) is 94.5 Å². The highest BCUT2D eigenvalue weighted by atomic mass is 16.5. The highest BCUT2D eigenvalue weighted by Gasteiger charge is 2.38. The van der Waals surface area contributed by atoms with Gasteiger partial charge >= 0.3 is 5.97 Å². The third-order valence-electron chi connectivity index (χ3n) is 5.69. The van der Waals surface area contributed by atoms with Crippen LogP contribution in [-0.4, -0.2) is 35.6 Å². The van der Waals surface area contributed by atoms with E-state index >= 15 is 0 Å². The van der Waals surface area contributed by atoms with E-state index in [1.165, 1.54) is 32.0 Å². The van der Waals surface area contributed by atoms with Crippen LogP contribution in [0.25, 0.3) is 0 Å². The number of benzene rings is 3. The molecular weight excluding hydrogens is 448 g/mol. The van der Waals surface area contributed by atoms with Gasteiger partial charge in [-0.25, -0.2) is 9.69 Å². The predicted octanol–water partition coefficient (Wildman–Crippen LogP) is 4.18. The minimum atomic E-state index is -1.14. The number of nitrogens with one attached hydrogen (secondary N) is 1. The fourth-order valence-electron chi connectivity index (χ4n) is 3.72. The number of amides is 3. The molecule has 3 aromatic rings. The summed E-state index contributed by atoms with van der Waals surface area (Å²) >= 11 is 0. The number of fused-ring (bicyclic) bond motifs is 1. The van der Waals surface area contributed by atoms with Gasteiger partial charge in [-0.2, -0.15) is 0 Å². The summed E-state index contributed by atoms with van der Waals surface area (Å²) in [6.07, 6.45) is -1.14. The number of carbonyl (C=O) groups is 5. The second kappa shape index (κ2) is 9.34. The standard InChI is InChI=1S/C27H22N2O6/c1-15-6-4-5-7-23(15)29-25(32)21-13-10-19(14-22(21)26(29)33)27(34)35-17(3)24(31)28-20-11-8-18(9-12-20)16(2)30/h4-14,17H,1-3H3,(H,28,31). The van der Waals surface area contributed by atoms with E-state index in [0.717, 1.165) is 10.5 Å². The average Bonchev–Trinajstić information content (AvgIpc) is 3.09. The highest BCUT2D eigenvalue weighted by Crippen LogP contribution is 2.31. The molecule has 1 N–H and O–H groups in total. The highest BCUT2D eigenvalue weighted by molar-refractivity contribution is 6.35. The number of imide groups is 1. The zero-order valence-electron chi connectivity index (χ0n) is 19.3. The lowest BCUT2D eigenvalue weighted by Gasteiger charge is -2.16. The summed E-state index contributed by atoms with van der Waals surface area (Å²) in [5.41, 5.74) is 2.52. The van der Waals surface area contributed by atoms with Crippen LogP contribution in [0.2, 0.25) is 0 Å². The fraction of sp³-hybridized carbons (Fsp3) is 0.148. The molecule has 1 aliphatic heterocycles. The Kier molecular flexibility index (Phi) is 6.29. The first-order chi connectivity index (χ1) is 16.7. The normalized spacial score (nSPS) is 13.3. The molecule has 0 saturated carbocycles. The summed E-state index contributed by atoms with van der Waals surface area (Å²) < 4.78 is 5.27. The molecule has 0 bridgehead atoms. The molecule has 8 heteroatoms. The number of ketones is 1. The first-order valence-electron chi connectivity index (χ1n) is 10.9. The van der Waals surface area contributed by atoms with Crippen LogP contribution in [0.5, 0.6) is 0 Å². The Morgan fingerprint density at radius 1 is 0.857 bits per heavy atom. The number of Topliss-reactive ketones (excluding diaryl/α,β-unsaturated/α-hetero) is 1. The van der Waals surface area contributed by atoms with Crippen LogP contribution in [0.15, 0.2) is 66.7 Å². The molecule has 3 amide bonds. The summed E-state index contributed by atoms with van der Waals surface area (Å²) in [6, 6.07) is 17.4.